The van der Waals surface area contributed by atoms with Crippen molar-refractivity contribution in [3.8, 4) is 0 Å². The third-order valence-electron chi connectivity index (χ3n) is 10.7. The average molecular weight is 856 g/mol. The predicted octanol–water partition coefficient (Wildman–Crippen LogP) is 13.7. The lowest BCUT2D eigenvalue weighted by atomic mass is 10.0. The molecule has 10 heteroatoms. The minimum atomic E-state index is -4.62. The molecule has 0 rings (SSSR count). The van der Waals surface area contributed by atoms with Gasteiger partial charge in [-0.3, -0.25) is 14.2 Å². The minimum Gasteiger partial charge on any atom is -0.756 e. The van der Waals surface area contributed by atoms with Gasteiger partial charge in [-0.1, -0.05) is 192 Å². The van der Waals surface area contributed by atoms with Gasteiger partial charge in [0.1, 0.15) is 19.8 Å². The molecule has 0 fully saturated rings. The molecule has 59 heavy (non-hydrogen) atoms. The summed E-state index contributed by atoms with van der Waals surface area (Å²) in [5, 5.41) is 0. The van der Waals surface area contributed by atoms with E-state index >= 15 is 0 Å². The smallest absolute Gasteiger partial charge is 0.306 e. The molecule has 0 N–H and O–H groups in total. The Hall–Kier alpha value is -1.51. The van der Waals surface area contributed by atoms with E-state index < -0.39 is 26.5 Å². The summed E-state index contributed by atoms with van der Waals surface area (Å²) < 4.78 is 34.0. The Labute approximate surface area is 364 Å². The van der Waals surface area contributed by atoms with Gasteiger partial charge in [-0.15, -0.1) is 0 Å². The van der Waals surface area contributed by atoms with E-state index in [1.165, 1.54) is 154 Å². The zero-order valence-corrected chi connectivity index (χ0v) is 40.1. The maximum absolute atomic E-state index is 12.7. The molecule has 0 aliphatic heterocycles. The van der Waals surface area contributed by atoms with Crippen molar-refractivity contribution in [1.82, 2.24) is 0 Å². The normalized spacial score (nSPS) is 13.7. The number of quaternary nitrogens is 1. The molecule has 0 saturated carbocycles. The van der Waals surface area contributed by atoms with E-state index in [0.717, 1.165) is 38.5 Å². The SMILES string of the molecule is CCCCC/C=C\C/C=C\CCCCCCCCCCCC(=O)OC[C@H](COP(=O)([O-])OCC[N+](C)(C)C)OC(=O)CCCCCCCCCCCCCCCCCC. The molecule has 0 aromatic heterocycles. The summed E-state index contributed by atoms with van der Waals surface area (Å²) in [4.78, 5) is 37.6. The van der Waals surface area contributed by atoms with Gasteiger partial charge in [0.25, 0.3) is 7.82 Å². The summed E-state index contributed by atoms with van der Waals surface area (Å²) in [5.74, 6) is -0.828. The van der Waals surface area contributed by atoms with Gasteiger partial charge in [0.05, 0.1) is 27.7 Å². The van der Waals surface area contributed by atoms with E-state index in [4.69, 9.17) is 18.5 Å². The van der Waals surface area contributed by atoms with E-state index in [9.17, 15) is 19.0 Å². The summed E-state index contributed by atoms with van der Waals surface area (Å²) in [6.07, 6.45) is 46.2. The van der Waals surface area contributed by atoms with Crippen molar-refractivity contribution < 1.29 is 42.1 Å². The maximum Gasteiger partial charge on any atom is 0.306 e. The molecule has 9 nitrogen and oxygen atoms in total. The summed E-state index contributed by atoms with van der Waals surface area (Å²) >= 11 is 0. The molecule has 0 aliphatic carbocycles. The molecule has 1 unspecified atom stereocenters. The molecule has 348 valence electrons. The molecule has 0 saturated heterocycles. The van der Waals surface area contributed by atoms with Crippen LogP contribution in [0.5, 0.6) is 0 Å². The minimum absolute atomic E-state index is 0.0292. The first-order valence-electron chi connectivity index (χ1n) is 24.5. The van der Waals surface area contributed by atoms with Crippen molar-refractivity contribution in [1.29, 1.82) is 0 Å². The van der Waals surface area contributed by atoms with Crippen molar-refractivity contribution in [2.45, 2.75) is 232 Å². The lowest BCUT2D eigenvalue weighted by Crippen LogP contribution is -2.37. The van der Waals surface area contributed by atoms with E-state index in [1.54, 1.807) is 0 Å². The van der Waals surface area contributed by atoms with Gasteiger partial charge < -0.3 is 27.9 Å². The highest BCUT2D eigenvalue weighted by molar-refractivity contribution is 7.45. The first-order chi connectivity index (χ1) is 28.5. The van der Waals surface area contributed by atoms with Crippen molar-refractivity contribution >= 4 is 19.8 Å². The molecule has 0 heterocycles. The maximum atomic E-state index is 12.7. The standard InChI is InChI=1S/C49H94NO8P/c1-6-8-10-12-14-16-18-20-22-24-25-26-28-29-31-33-35-37-39-41-48(51)55-45-47(46-57-59(53,54)56-44-43-50(3,4)5)58-49(52)42-40-38-36-34-32-30-27-23-21-19-17-15-13-11-9-7-2/h14,16,20,22,47H,6-13,15,17-19,21,23-46H2,1-5H3/b16-14-,22-20-/t47-/m1/s1. The van der Waals surface area contributed by atoms with Gasteiger partial charge in [-0.05, 0) is 44.9 Å². The van der Waals surface area contributed by atoms with Gasteiger partial charge in [-0.25, -0.2) is 0 Å². The average Bonchev–Trinajstić information content (AvgIpc) is 3.19. The number of nitrogens with zero attached hydrogens (tertiary/aromatic N) is 1. The van der Waals surface area contributed by atoms with E-state index in [2.05, 4.69) is 38.2 Å². The number of likely N-dealkylation sites (N-methyl/N-ethyl adjacent to an activating group) is 1. The lowest BCUT2D eigenvalue weighted by Gasteiger charge is -2.28. The van der Waals surface area contributed by atoms with Crippen LogP contribution in [-0.2, 0) is 32.7 Å². The molecule has 2 atom stereocenters. The van der Waals surface area contributed by atoms with E-state index in [-0.39, 0.29) is 32.0 Å². The van der Waals surface area contributed by atoms with Gasteiger partial charge >= 0.3 is 11.9 Å². The number of ether oxygens (including phenoxy) is 2. The van der Waals surface area contributed by atoms with E-state index in [0.29, 0.717) is 17.4 Å². The van der Waals surface area contributed by atoms with Gasteiger partial charge in [0, 0.05) is 12.8 Å². The second kappa shape index (κ2) is 41.8. The largest absolute Gasteiger partial charge is 0.756 e. The van der Waals surface area contributed by atoms with E-state index in [1.807, 2.05) is 21.1 Å². The van der Waals surface area contributed by atoms with Crippen LogP contribution in [0.1, 0.15) is 226 Å². The third kappa shape index (κ3) is 45.8. The Bertz CT molecular complexity index is 1060. The highest BCUT2D eigenvalue weighted by atomic mass is 31.2. The second-order valence-electron chi connectivity index (χ2n) is 17.8. The van der Waals surface area contributed by atoms with Gasteiger partial charge in [-0.2, -0.15) is 0 Å². The molecular formula is C49H94NO8P. The first kappa shape index (κ1) is 57.5. The van der Waals surface area contributed by atoms with Crippen LogP contribution in [-0.4, -0.2) is 70.0 Å². The van der Waals surface area contributed by atoms with Crippen LogP contribution in [0.15, 0.2) is 24.3 Å². The van der Waals surface area contributed by atoms with Gasteiger partial charge in [0.2, 0.25) is 0 Å². The second-order valence-corrected chi connectivity index (χ2v) is 19.2. The Morgan fingerprint density at radius 3 is 1.37 bits per heavy atom. The quantitative estimate of drug-likeness (QED) is 0.0196. The van der Waals surface area contributed by atoms with Crippen LogP contribution in [0.25, 0.3) is 0 Å². The Morgan fingerprint density at radius 1 is 0.525 bits per heavy atom. The number of rotatable bonds is 45. The highest BCUT2D eigenvalue weighted by Crippen LogP contribution is 2.38. The fraction of sp³-hybridized carbons (Fsp3) is 0.878. The van der Waals surface area contributed by atoms with Crippen molar-refractivity contribution in [2.24, 2.45) is 0 Å². The molecule has 0 spiro atoms. The summed E-state index contributed by atoms with van der Waals surface area (Å²) in [6.45, 7) is 4.23. The topological polar surface area (TPSA) is 111 Å². The molecule has 0 aromatic rings. The molecule has 0 aromatic carbocycles. The van der Waals surface area contributed by atoms with Crippen molar-refractivity contribution in [3.63, 3.8) is 0 Å². The number of phosphoric acid groups is 1. The first-order valence-corrected chi connectivity index (χ1v) is 26.0. The van der Waals surface area contributed by atoms with Gasteiger partial charge in [0.15, 0.2) is 6.10 Å². The number of allylic oxidation sites excluding steroid dienone is 4. The number of carbonyl (C=O) groups is 2. The molecule has 0 amide bonds. The fourth-order valence-corrected chi connectivity index (χ4v) is 7.59. The molecular weight excluding hydrogens is 762 g/mol. The highest BCUT2D eigenvalue weighted by Gasteiger charge is 2.21. The van der Waals surface area contributed by atoms with Crippen LogP contribution in [0.3, 0.4) is 0 Å². The monoisotopic (exact) mass is 856 g/mol. The van der Waals surface area contributed by atoms with Crippen LogP contribution < -0.4 is 4.89 Å². The Morgan fingerprint density at radius 2 is 0.915 bits per heavy atom. The van der Waals surface area contributed by atoms with Crippen molar-refractivity contribution in [2.75, 3.05) is 47.5 Å². The zero-order chi connectivity index (χ0) is 43.6. The molecule has 0 aliphatic rings. The number of carbonyl (C=O) groups excluding carboxylic acids is 2. The van der Waals surface area contributed by atoms with Crippen LogP contribution in [0.2, 0.25) is 0 Å². The summed E-state index contributed by atoms with van der Waals surface area (Å²) in [6, 6.07) is 0. The fourth-order valence-electron chi connectivity index (χ4n) is 6.86. The number of phosphoric ester groups is 1. The third-order valence-corrected chi connectivity index (χ3v) is 11.7. The zero-order valence-electron chi connectivity index (χ0n) is 39.2. The van der Waals surface area contributed by atoms with Crippen molar-refractivity contribution in [3.05, 3.63) is 24.3 Å². The lowest BCUT2D eigenvalue weighted by molar-refractivity contribution is -0.870. The molecule has 0 bridgehead atoms. The van der Waals surface area contributed by atoms with Crippen LogP contribution >= 0.6 is 7.82 Å². The number of unbranched alkanes of at least 4 members (excludes halogenated alkanes) is 27. The summed E-state index contributed by atoms with van der Waals surface area (Å²) in [5.41, 5.74) is 0. The van der Waals surface area contributed by atoms with Crippen LogP contribution in [0.4, 0.5) is 0 Å². The van der Waals surface area contributed by atoms with Crippen LogP contribution in [0, 0.1) is 0 Å². The Kier molecular flexibility index (Phi) is 40.8. The Balaban J connectivity index is 4.26. The predicted molar refractivity (Wildman–Crippen MR) is 245 cm³/mol. The summed E-state index contributed by atoms with van der Waals surface area (Å²) in [7, 11) is 1.17. The number of hydrogen-bond donors (Lipinski definition) is 0. The molecule has 0 radical (unpaired) electrons. The number of esters is 2. The number of hydrogen-bond acceptors (Lipinski definition) is 8.